The van der Waals surface area contributed by atoms with Crippen molar-refractivity contribution < 1.29 is 9.18 Å². The molecule has 1 atom stereocenters. The van der Waals surface area contributed by atoms with Crippen LogP contribution in [0.1, 0.15) is 13.3 Å². The SMILES string of the molecule is CCC(C#N)C(=O)Nc1cc(F)cc(Cl)c1. The highest BCUT2D eigenvalue weighted by molar-refractivity contribution is 6.30. The molecule has 1 aromatic carbocycles. The molecule has 1 amide bonds. The Morgan fingerprint density at radius 2 is 2.31 bits per heavy atom. The van der Waals surface area contributed by atoms with E-state index in [9.17, 15) is 9.18 Å². The quantitative estimate of drug-likeness (QED) is 0.883. The molecule has 0 radical (unpaired) electrons. The molecule has 1 N–H and O–H groups in total. The summed E-state index contributed by atoms with van der Waals surface area (Å²) in [7, 11) is 0. The summed E-state index contributed by atoms with van der Waals surface area (Å²) in [5, 5.41) is 11.3. The van der Waals surface area contributed by atoms with Gasteiger partial charge in [-0.1, -0.05) is 18.5 Å². The van der Waals surface area contributed by atoms with Crippen LogP contribution in [-0.2, 0) is 4.79 Å². The van der Waals surface area contributed by atoms with E-state index in [1.54, 1.807) is 6.92 Å². The highest BCUT2D eigenvalue weighted by Gasteiger charge is 2.15. The first-order valence-electron chi connectivity index (χ1n) is 4.73. The van der Waals surface area contributed by atoms with Crippen molar-refractivity contribution in [1.29, 1.82) is 5.26 Å². The third-order valence-corrected chi connectivity index (χ3v) is 2.23. The fraction of sp³-hybridized carbons (Fsp3) is 0.273. The van der Waals surface area contributed by atoms with Crippen molar-refractivity contribution >= 4 is 23.2 Å². The lowest BCUT2D eigenvalue weighted by molar-refractivity contribution is -0.118. The van der Waals surface area contributed by atoms with Crippen LogP contribution in [0.4, 0.5) is 10.1 Å². The molecule has 0 bridgehead atoms. The van der Waals surface area contributed by atoms with Crippen LogP contribution in [0.15, 0.2) is 18.2 Å². The second-order valence-corrected chi connectivity index (χ2v) is 3.67. The van der Waals surface area contributed by atoms with E-state index in [-0.39, 0.29) is 10.7 Å². The van der Waals surface area contributed by atoms with Crippen molar-refractivity contribution in [1.82, 2.24) is 0 Å². The average Bonchev–Trinajstić information content (AvgIpc) is 2.17. The molecule has 3 nitrogen and oxygen atoms in total. The Bertz CT molecular complexity index is 422. The molecular formula is C11H10ClFN2O. The molecule has 0 saturated heterocycles. The van der Waals surface area contributed by atoms with E-state index in [0.29, 0.717) is 6.42 Å². The monoisotopic (exact) mass is 240 g/mol. The van der Waals surface area contributed by atoms with E-state index in [2.05, 4.69) is 5.32 Å². The Kier molecular flexibility index (Phi) is 4.27. The van der Waals surface area contributed by atoms with Crippen molar-refractivity contribution in [2.45, 2.75) is 13.3 Å². The number of carbonyl (C=O) groups is 1. The van der Waals surface area contributed by atoms with E-state index in [1.165, 1.54) is 6.07 Å². The maximum absolute atomic E-state index is 12.9. The van der Waals surface area contributed by atoms with Gasteiger partial charge in [-0.2, -0.15) is 5.26 Å². The number of rotatable bonds is 3. The van der Waals surface area contributed by atoms with Crippen LogP contribution in [0.5, 0.6) is 0 Å². The summed E-state index contributed by atoms with van der Waals surface area (Å²) in [6.07, 6.45) is 0.408. The molecule has 5 heteroatoms. The van der Waals surface area contributed by atoms with Crippen LogP contribution in [0.25, 0.3) is 0 Å². The van der Waals surface area contributed by atoms with Crippen molar-refractivity contribution in [2.75, 3.05) is 5.32 Å². The first-order chi connectivity index (χ1) is 7.56. The molecule has 84 valence electrons. The summed E-state index contributed by atoms with van der Waals surface area (Å²) in [6.45, 7) is 1.73. The fourth-order valence-corrected chi connectivity index (χ4v) is 1.41. The van der Waals surface area contributed by atoms with Crippen LogP contribution in [-0.4, -0.2) is 5.91 Å². The minimum absolute atomic E-state index is 0.195. The topological polar surface area (TPSA) is 52.9 Å². The summed E-state index contributed by atoms with van der Waals surface area (Å²) < 4.78 is 12.9. The molecule has 1 unspecified atom stereocenters. The lowest BCUT2D eigenvalue weighted by atomic mass is 10.1. The lowest BCUT2D eigenvalue weighted by Crippen LogP contribution is -2.20. The highest BCUT2D eigenvalue weighted by atomic mass is 35.5. The van der Waals surface area contributed by atoms with Gasteiger partial charge in [-0.25, -0.2) is 4.39 Å². The Labute approximate surface area is 97.8 Å². The van der Waals surface area contributed by atoms with Gasteiger partial charge < -0.3 is 5.32 Å². The van der Waals surface area contributed by atoms with Crippen LogP contribution >= 0.6 is 11.6 Å². The summed E-state index contributed by atoms with van der Waals surface area (Å²) in [5.41, 5.74) is 0.253. The molecule has 1 aromatic rings. The van der Waals surface area contributed by atoms with E-state index in [0.717, 1.165) is 12.1 Å². The van der Waals surface area contributed by atoms with Gasteiger partial charge in [0.15, 0.2) is 0 Å². The summed E-state index contributed by atoms with van der Waals surface area (Å²) in [4.78, 5) is 11.5. The van der Waals surface area contributed by atoms with Gasteiger partial charge in [0.1, 0.15) is 11.7 Å². The number of nitrogens with zero attached hydrogens (tertiary/aromatic N) is 1. The zero-order valence-electron chi connectivity index (χ0n) is 8.63. The molecule has 16 heavy (non-hydrogen) atoms. The van der Waals surface area contributed by atoms with Gasteiger partial charge in [0.25, 0.3) is 0 Å². The normalized spacial score (nSPS) is 11.6. The molecule has 0 spiro atoms. The molecule has 0 aliphatic carbocycles. The van der Waals surface area contributed by atoms with E-state index < -0.39 is 17.6 Å². The standard InChI is InChI=1S/C11H10ClFN2O/c1-2-7(6-14)11(16)15-10-4-8(12)3-9(13)5-10/h3-5,7H,2H2,1H3,(H,15,16). The first-order valence-corrected chi connectivity index (χ1v) is 5.11. The lowest BCUT2D eigenvalue weighted by Gasteiger charge is -2.08. The fourth-order valence-electron chi connectivity index (χ4n) is 1.19. The molecule has 0 saturated carbocycles. The summed E-state index contributed by atoms with van der Waals surface area (Å²) in [5.74, 6) is -1.72. The number of benzene rings is 1. The summed E-state index contributed by atoms with van der Waals surface area (Å²) in [6, 6.07) is 5.57. The van der Waals surface area contributed by atoms with Gasteiger partial charge in [-0.05, 0) is 24.6 Å². The third kappa shape index (κ3) is 3.21. The van der Waals surface area contributed by atoms with Crippen LogP contribution in [0.2, 0.25) is 5.02 Å². The third-order valence-electron chi connectivity index (χ3n) is 2.01. The van der Waals surface area contributed by atoms with E-state index in [4.69, 9.17) is 16.9 Å². The average molecular weight is 241 g/mol. The number of carbonyl (C=O) groups excluding carboxylic acids is 1. The highest BCUT2D eigenvalue weighted by Crippen LogP contribution is 2.18. The van der Waals surface area contributed by atoms with Gasteiger partial charge in [0.2, 0.25) is 5.91 Å². The van der Waals surface area contributed by atoms with Gasteiger partial charge >= 0.3 is 0 Å². The Morgan fingerprint density at radius 1 is 1.62 bits per heavy atom. The number of nitrogens with one attached hydrogen (secondary N) is 1. The van der Waals surface area contributed by atoms with Gasteiger partial charge in [0, 0.05) is 10.7 Å². The largest absolute Gasteiger partial charge is 0.325 e. The van der Waals surface area contributed by atoms with E-state index >= 15 is 0 Å². The smallest absolute Gasteiger partial charge is 0.241 e. The maximum atomic E-state index is 12.9. The number of nitriles is 1. The maximum Gasteiger partial charge on any atom is 0.241 e. The van der Waals surface area contributed by atoms with Crippen molar-refractivity contribution in [3.8, 4) is 6.07 Å². The Morgan fingerprint density at radius 3 is 2.81 bits per heavy atom. The van der Waals surface area contributed by atoms with Crippen LogP contribution < -0.4 is 5.32 Å². The van der Waals surface area contributed by atoms with Crippen molar-refractivity contribution in [3.63, 3.8) is 0 Å². The molecule has 0 fully saturated rings. The summed E-state index contributed by atoms with van der Waals surface area (Å²) >= 11 is 5.62. The predicted molar refractivity (Wildman–Crippen MR) is 59.4 cm³/mol. The van der Waals surface area contributed by atoms with Crippen molar-refractivity contribution in [3.05, 3.63) is 29.0 Å². The Balaban J connectivity index is 2.81. The number of hydrogen-bond acceptors (Lipinski definition) is 2. The molecule has 0 aliphatic rings. The van der Waals surface area contributed by atoms with Crippen molar-refractivity contribution in [2.24, 2.45) is 5.92 Å². The first kappa shape index (κ1) is 12.5. The second-order valence-electron chi connectivity index (χ2n) is 3.24. The number of amides is 1. The van der Waals surface area contributed by atoms with Gasteiger partial charge in [-0.15, -0.1) is 0 Å². The Hall–Kier alpha value is -1.60. The van der Waals surface area contributed by atoms with Gasteiger partial charge in [0.05, 0.1) is 6.07 Å². The minimum Gasteiger partial charge on any atom is -0.325 e. The van der Waals surface area contributed by atoms with Crippen LogP contribution in [0, 0.1) is 23.1 Å². The number of halogens is 2. The van der Waals surface area contributed by atoms with Gasteiger partial charge in [-0.3, -0.25) is 4.79 Å². The second kappa shape index (κ2) is 5.47. The molecule has 0 heterocycles. The number of hydrogen-bond donors (Lipinski definition) is 1. The predicted octanol–water partition coefficient (Wildman–Crippen LogP) is 2.97. The zero-order chi connectivity index (χ0) is 12.1. The molecule has 1 rings (SSSR count). The van der Waals surface area contributed by atoms with Crippen LogP contribution in [0.3, 0.4) is 0 Å². The van der Waals surface area contributed by atoms with E-state index in [1.807, 2.05) is 6.07 Å². The minimum atomic E-state index is -0.734. The molecule has 0 aliphatic heterocycles. The molecular weight excluding hydrogens is 231 g/mol. The number of anilines is 1. The zero-order valence-corrected chi connectivity index (χ0v) is 9.38. The molecule has 0 aromatic heterocycles.